The van der Waals surface area contributed by atoms with Crippen LogP contribution in [0, 0.1) is 5.41 Å². The summed E-state index contributed by atoms with van der Waals surface area (Å²) in [5.74, 6) is 0.714. The molecule has 6 heteroatoms. The second-order valence-electron chi connectivity index (χ2n) is 11.1. The molecule has 40 heavy (non-hydrogen) atoms. The van der Waals surface area contributed by atoms with Crippen molar-refractivity contribution in [3.63, 3.8) is 0 Å². The number of nitrogens with zero attached hydrogens (tertiary/aromatic N) is 3. The first-order valence-electron chi connectivity index (χ1n) is 13.5. The molecule has 0 aliphatic heterocycles. The molecule has 202 valence electrons. The summed E-state index contributed by atoms with van der Waals surface area (Å²) in [5.41, 5.74) is 3.91. The number of hydrogen-bond acceptors (Lipinski definition) is 3. The lowest BCUT2D eigenvalue weighted by atomic mass is 9.84. The molecule has 0 saturated heterocycles. The van der Waals surface area contributed by atoms with E-state index in [1.165, 1.54) is 6.07 Å². The van der Waals surface area contributed by atoms with Crippen LogP contribution in [0.2, 0.25) is 0 Å². The van der Waals surface area contributed by atoms with Crippen LogP contribution >= 0.6 is 0 Å². The van der Waals surface area contributed by atoms with Crippen molar-refractivity contribution in [2.24, 2.45) is 5.41 Å². The van der Waals surface area contributed by atoms with Crippen LogP contribution in [0.3, 0.4) is 0 Å². The third-order valence-electron chi connectivity index (χ3n) is 6.93. The molecule has 0 saturated carbocycles. The van der Waals surface area contributed by atoms with Crippen LogP contribution in [-0.2, 0) is 13.1 Å². The fourth-order valence-electron chi connectivity index (χ4n) is 5.06. The number of carbonyl (C=O) groups is 1. The Morgan fingerprint density at radius 1 is 0.850 bits per heavy atom. The highest BCUT2D eigenvalue weighted by Gasteiger charge is 2.38. The van der Waals surface area contributed by atoms with Crippen molar-refractivity contribution in [1.29, 1.82) is 0 Å². The van der Waals surface area contributed by atoms with Crippen LogP contribution in [0.1, 0.15) is 54.1 Å². The van der Waals surface area contributed by atoms with Gasteiger partial charge in [-0.05, 0) is 28.7 Å². The van der Waals surface area contributed by atoms with Crippen molar-refractivity contribution in [1.82, 2.24) is 19.4 Å². The number of H-pyrrole nitrogens is 1. The summed E-state index contributed by atoms with van der Waals surface area (Å²) in [6.07, 6.45) is 3.76. The van der Waals surface area contributed by atoms with Crippen LogP contribution in [0.15, 0.2) is 120 Å². The quantitative estimate of drug-likeness (QED) is 0.242. The number of rotatable bonds is 8. The molecule has 0 aliphatic rings. The van der Waals surface area contributed by atoms with Gasteiger partial charge in [0.25, 0.3) is 5.91 Å². The summed E-state index contributed by atoms with van der Waals surface area (Å²) < 4.78 is 2.17. The zero-order valence-electron chi connectivity index (χ0n) is 23.1. The lowest BCUT2D eigenvalue weighted by Gasteiger charge is -2.40. The average molecular weight is 531 g/mol. The van der Waals surface area contributed by atoms with Gasteiger partial charge >= 0.3 is 0 Å². The standard InChI is InChI=1S/C34H34N4O2/c1-34(2,3)31(38(23-26-19-20-30(39)35-21-26)33(40)28-17-11-6-12-18-28)32-36-29(27-15-9-5-10-16-27)24-37(32)22-25-13-7-4-8-14-25/h4-21,24,31H,22-23H2,1-3H3,(H,35,39)/t31-/m0/s1. The minimum absolute atomic E-state index is 0.0951. The highest BCUT2D eigenvalue weighted by Crippen LogP contribution is 2.40. The highest BCUT2D eigenvalue weighted by atomic mass is 16.2. The average Bonchev–Trinajstić information content (AvgIpc) is 3.37. The lowest BCUT2D eigenvalue weighted by molar-refractivity contribution is 0.0456. The van der Waals surface area contributed by atoms with Gasteiger partial charge in [-0.1, -0.05) is 106 Å². The lowest BCUT2D eigenvalue weighted by Crippen LogP contribution is -2.42. The Kier molecular flexibility index (Phi) is 7.78. The van der Waals surface area contributed by atoms with E-state index in [9.17, 15) is 9.59 Å². The first-order chi connectivity index (χ1) is 19.3. The number of benzene rings is 3. The Hall–Kier alpha value is -4.71. The number of imidazole rings is 1. The van der Waals surface area contributed by atoms with Crippen LogP contribution in [0.25, 0.3) is 11.3 Å². The minimum atomic E-state index is -0.381. The van der Waals surface area contributed by atoms with Gasteiger partial charge in [-0.15, -0.1) is 0 Å². The maximum Gasteiger partial charge on any atom is 0.254 e. The Morgan fingerprint density at radius 2 is 1.48 bits per heavy atom. The molecule has 2 heterocycles. The van der Waals surface area contributed by atoms with Gasteiger partial charge in [-0.3, -0.25) is 9.59 Å². The van der Waals surface area contributed by atoms with Gasteiger partial charge in [0.05, 0.1) is 11.7 Å². The topological polar surface area (TPSA) is 71.0 Å². The molecule has 1 N–H and O–H groups in total. The Bertz CT molecular complexity index is 1600. The number of aromatic amines is 1. The molecule has 6 nitrogen and oxygen atoms in total. The minimum Gasteiger partial charge on any atom is -0.329 e. The zero-order valence-corrected chi connectivity index (χ0v) is 23.1. The molecule has 1 amide bonds. The van der Waals surface area contributed by atoms with Gasteiger partial charge in [0.15, 0.2) is 0 Å². The summed E-state index contributed by atoms with van der Waals surface area (Å²) in [5, 5.41) is 0. The molecule has 0 radical (unpaired) electrons. The molecule has 3 aromatic carbocycles. The van der Waals surface area contributed by atoms with Gasteiger partial charge < -0.3 is 14.5 Å². The second kappa shape index (κ2) is 11.6. The van der Waals surface area contributed by atoms with Crippen LogP contribution in [0.4, 0.5) is 0 Å². The third kappa shape index (κ3) is 6.12. The fraction of sp³-hybridized carbons (Fsp3) is 0.206. The smallest absolute Gasteiger partial charge is 0.254 e. The summed E-state index contributed by atoms with van der Waals surface area (Å²) in [4.78, 5) is 35.9. The van der Waals surface area contributed by atoms with Crippen molar-refractivity contribution < 1.29 is 4.79 Å². The number of hydrogen-bond donors (Lipinski definition) is 1. The van der Waals surface area contributed by atoms with Crippen LogP contribution < -0.4 is 5.56 Å². The SMILES string of the molecule is CC(C)(C)[C@H](c1nc(-c2ccccc2)cn1Cc1ccccc1)N(Cc1ccc(=O)[nH]c1)C(=O)c1ccccc1. The Morgan fingerprint density at radius 3 is 2.08 bits per heavy atom. The first-order valence-corrected chi connectivity index (χ1v) is 13.5. The zero-order chi connectivity index (χ0) is 28.1. The molecule has 1 atom stereocenters. The van der Waals surface area contributed by atoms with Crippen molar-refractivity contribution in [2.75, 3.05) is 0 Å². The van der Waals surface area contributed by atoms with E-state index in [1.54, 1.807) is 12.3 Å². The van der Waals surface area contributed by atoms with E-state index in [0.29, 0.717) is 18.7 Å². The van der Waals surface area contributed by atoms with Gasteiger partial charge in [-0.25, -0.2) is 4.98 Å². The summed E-state index contributed by atoms with van der Waals surface area (Å²) >= 11 is 0. The van der Waals surface area contributed by atoms with Crippen molar-refractivity contribution in [2.45, 2.75) is 39.9 Å². The van der Waals surface area contributed by atoms with Gasteiger partial charge in [0.2, 0.25) is 5.56 Å². The molecule has 0 bridgehead atoms. The Labute approximate surface area is 235 Å². The Balaban J connectivity index is 1.68. The largest absolute Gasteiger partial charge is 0.329 e. The van der Waals surface area contributed by atoms with Gasteiger partial charge in [0, 0.05) is 42.7 Å². The number of amides is 1. The van der Waals surface area contributed by atoms with Crippen molar-refractivity contribution >= 4 is 5.91 Å². The van der Waals surface area contributed by atoms with Gasteiger partial charge in [0.1, 0.15) is 5.82 Å². The van der Waals surface area contributed by atoms with E-state index in [1.807, 2.05) is 71.6 Å². The summed E-state index contributed by atoms with van der Waals surface area (Å²) in [6, 6.07) is 32.6. The van der Waals surface area contributed by atoms with E-state index in [0.717, 1.165) is 28.2 Å². The molecule has 5 aromatic rings. The van der Waals surface area contributed by atoms with Crippen molar-refractivity contribution in [3.8, 4) is 11.3 Å². The maximum atomic E-state index is 14.2. The molecule has 0 fully saturated rings. The monoisotopic (exact) mass is 530 g/mol. The summed E-state index contributed by atoms with van der Waals surface area (Å²) in [6.45, 7) is 7.35. The number of carbonyl (C=O) groups excluding carboxylic acids is 1. The third-order valence-corrected chi connectivity index (χ3v) is 6.93. The molecule has 2 aromatic heterocycles. The number of pyridine rings is 1. The van der Waals surface area contributed by atoms with Crippen LogP contribution in [-0.4, -0.2) is 25.3 Å². The van der Waals surface area contributed by atoms with Gasteiger partial charge in [-0.2, -0.15) is 0 Å². The van der Waals surface area contributed by atoms with E-state index in [2.05, 4.69) is 60.8 Å². The molecule has 0 unspecified atom stereocenters. The number of aromatic nitrogens is 3. The molecular weight excluding hydrogens is 496 g/mol. The van der Waals surface area contributed by atoms with Crippen LogP contribution in [0.5, 0.6) is 0 Å². The maximum absolute atomic E-state index is 14.2. The molecule has 0 aliphatic carbocycles. The van der Waals surface area contributed by atoms with Crippen molar-refractivity contribution in [3.05, 3.63) is 148 Å². The normalized spacial score (nSPS) is 12.2. The summed E-state index contributed by atoms with van der Waals surface area (Å²) in [7, 11) is 0. The molecule has 5 rings (SSSR count). The molecular formula is C34H34N4O2. The number of nitrogens with one attached hydrogen (secondary N) is 1. The second-order valence-corrected chi connectivity index (χ2v) is 11.1. The predicted octanol–water partition coefficient (Wildman–Crippen LogP) is 6.72. The van der Waals surface area contributed by atoms with E-state index in [-0.39, 0.29) is 22.9 Å². The highest BCUT2D eigenvalue weighted by molar-refractivity contribution is 5.94. The fourth-order valence-corrected chi connectivity index (χ4v) is 5.06. The van der Waals surface area contributed by atoms with E-state index < -0.39 is 0 Å². The van der Waals surface area contributed by atoms with E-state index in [4.69, 9.17) is 4.98 Å². The molecule has 0 spiro atoms. The predicted molar refractivity (Wildman–Crippen MR) is 159 cm³/mol. The first kappa shape index (κ1) is 26.9. The van der Waals surface area contributed by atoms with E-state index >= 15 is 0 Å².